The average molecular weight is 348 g/mol. The van der Waals surface area contributed by atoms with Crippen LogP contribution in [-0.2, 0) is 10.2 Å². The first-order valence-corrected chi connectivity index (χ1v) is 8.61. The molecule has 0 unspecified atom stereocenters. The number of likely N-dealkylation sites (N-methyl/N-ethyl adjacent to an activating group) is 1. The number of rotatable bonds is 4. The van der Waals surface area contributed by atoms with Gasteiger partial charge in [0.1, 0.15) is 5.82 Å². The fraction of sp³-hybridized carbons (Fsp3) is 0.647. The van der Waals surface area contributed by atoms with E-state index in [1.54, 1.807) is 19.4 Å². The van der Waals surface area contributed by atoms with Crippen molar-refractivity contribution in [1.29, 1.82) is 0 Å². The fourth-order valence-electron chi connectivity index (χ4n) is 2.65. The lowest BCUT2D eigenvalue weighted by molar-refractivity contribution is -0.122. The van der Waals surface area contributed by atoms with Gasteiger partial charge in [-0.1, -0.05) is 20.8 Å². The van der Waals surface area contributed by atoms with E-state index in [0.29, 0.717) is 12.2 Å². The highest BCUT2D eigenvalue weighted by Crippen LogP contribution is 2.18. The molecule has 1 aromatic heterocycles. The van der Waals surface area contributed by atoms with Crippen LogP contribution in [0.1, 0.15) is 39.4 Å². The molecule has 0 spiro atoms. The van der Waals surface area contributed by atoms with E-state index >= 15 is 0 Å². The van der Waals surface area contributed by atoms with Gasteiger partial charge in [-0.2, -0.15) is 0 Å². The number of anilines is 1. The minimum atomic E-state index is -0.253. The quantitative estimate of drug-likeness (QED) is 0.757. The van der Waals surface area contributed by atoms with Gasteiger partial charge < -0.3 is 16.0 Å². The number of likely N-dealkylation sites (tertiary alicyclic amines) is 1. The predicted octanol–water partition coefficient (Wildman–Crippen LogP) is 1.11. The van der Waals surface area contributed by atoms with Crippen molar-refractivity contribution in [2.75, 3.05) is 32.0 Å². The lowest BCUT2D eigenvalue weighted by atomic mass is 9.96. The van der Waals surface area contributed by atoms with Crippen LogP contribution in [0.15, 0.2) is 12.4 Å². The molecule has 138 valence electrons. The first kappa shape index (κ1) is 19.1. The van der Waals surface area contributed by atoms with Gasteiger partial charge in [0.2, 0.25) is 5.91 Å². The van der Waals surface area contributed by atoms with E-state index in [1.807, 2.05) is 20.8 Å². The summed E-state index contributed by atoms with van der Waals surface area (Å²) in [5.74, 6) is 0.754. The smallest absolute Gasteiger partial charge is 0.319 e. The van der Waals surface area contributed by atoms with E-state index in [9.17, 15) is 9.59 Å². The van der Waals surface area contributed by atoms with Gasteiger partial charge in [0.15, 0.2) is 0 Å². The molecule has 1 aromatic rings. The Kier molecular flexibility index (Phi) is 6.30. The summed E-state index contributed by atoms with van der Waals surface area (Å²) in [5.41, 5.74) is 0.450. The maximum atomic E-state index is 12.1. The summed E-state index contributed by atoms with van der Waals surface area (Å²) >= 11 is 0. The topological polar surface area (TPSA) is 99.2 Å². The minimum Gasteiger partial charge on any atom is -0.358 e. The van der Waals surface area contributed by atoms with E-state index in [2.05, 4.69) is 30.8 Å². The number of nitrogens with zero attached hydrogens (tertiary/aromatic N) is 3. The first-order valence-electron chi connectivity index (χ1n) is 8.61. The molecule has 0 aromatic carbocycles. The monoisotopic (exact) mass is 348 g/mol. The van der Waals surface area contributed by atoms with E-state index in [0.717, 1.165) is 31.8 Å². The van der Waals surface area contributed by atoms with Gasteiger partial charge in [0.05, 0.1) is 24.6 Å². The lowest BCUT2D eigenvalue weighted by Crippen LogP contribution is -2.48. The van der Waals surface area contributed by atoms with Gasteiger partial charge in [0, 0.05) is 31.6 Å². The highest BCUT2D eigenvalue weighted by atomic mass is 16.2. The predicted molar refractivity (Wildman–Crippen MR) is 96.4 cm³/mol. The molecule has 3 amide bonds. The normalized spacial score (nSPS) is 16.3. The number of aromatic nitrogens is 2. The molecule has 0 aliphatic carbocycles. The van der Waals surface area contributed by atoms with Gasteiger partial charge >= 0.3 is 6.03 Å². The molecule has 1 aliphatic heterocycles. The van der Waals surface area contributed by atoms with E-state index in [-0.39, 0.29) is 23.4 Å². The molecule has 0 bridgehead atoms. The summed E-state index contributed by atoms with van der Waals surface area (Å²) in [5, 5.41) is 8.36. The van der Waals surface area contributed by atoms with Gasteiger partial charge in [0.25, 0.3) is 0 Å². The Labute approximate surface area is 148 Å². The van der Waals surface area contributed by atoms with E-state index < -0.39 is 0 Å². The van der Waals surface area contributed by atoms with Crippen LogP contribution in [0.25, 0.3) is 0 Å². The summed E-state index contributed by atoms with van der Waals surface area (Å²) in [7, 11) is 1.64. The van der Waals surface area contributed by atoms with Crippen molar-refractivity contribution < 1.29 is 9.59 Å². The summed E-state index contributed by atoms with van der Waals surface area (Å²) < 4.78 is 0. The Morgan fingerprint density at radius 3 is 2.32 bits per heavy atom. The third-order valence-corrected chi connectivity index (χ3v) is 4.15. The van der Waals surface area contributed by atoms with Gasteiger partial charge in [-0.25, -0.2) is 14.8 Å². The standard InChI is InChI=1S/C17H28N6O2/c1-17(2,3)15-19-9-13(10-20-15)22-16(25)21-12-5-7-23(8-6-12)11-14(24)18-4/h9-10,12H,5-8,11H2,1-4H3,(H,18,24)(H2,21,22,25). The summed E-state index contributed by atoms with van der Waals surface area (Å²) in [4.78, 5) is 34.2. The van der Waals surface area contributed by atoms with Gasteiger partial charge in [-0.15, -0.1) is 0 Å². The molecule has 1 saturated heterocycles. The number of carbonyl (C=O) groups excluding carboxylic acids is 2. The summed E-state index contributed by atoms with van der Waals surface area (Å²) in [6, 6.07) is -0.146. The maximum absolute atomic E-state index is 12.1. The van der Waals surface area contributed by atoms with Crippen LogP contribution in [-0.4, -0.2) is 59.5 Å². The lowest BCUT2D eigenvalue weighted by Gasteiger charge is -2.31. The number of carbonyl (C=O) groups is 2. The number of nitrogens with one attached hydrogen (secondary N) is 3. The van der Waals surface area contributed by atoms with E-state index in [4.69, 9.17) is 0 Å². The van der Waals surface area contributed by atoms with Crippen LogP contribution >= 0.6 is 0 Å². The molecule has 1 fully saturated rings. The molecule has 8 heteroatoms. The molecule has 2 heterocycles. The molecule has 25 heavy (non-hydrogen) atoms. The van der Waals surface area contributed by atoms with Crippen molar-refractivity contribution in [3.8, 4) is 0 Å². The Morgan fingerprint density at radius 1 is 1.20 bits per heavy atom. The first-order chi connectivity index (χ1) is 11.8. The van der Waals surface area contributed by atoms with Gasteiger partial charge in [-0.05, 0) is 12.8 Å². The minimum absolute atomic E-state index is 0.0165. The highest BCUT2D eigenvalue weighted by molar-refractivity contribution is 5.89. The summed E-state index contributed by atoms with van der Waals surface area (Å²) in [6.07, 6.45) is 4.89. The molecule has 8 nitrogen and oxygen atoms in total. The Bertz CT molecular complexity index is 588. The second-order valence-electron chi connectivity index (χ2n) is 7.37. The molecular formula is C17H28N6O2. The van der Waals surface area contributed by atoms with Crippen LogP contribution < -0.4 is 16.0 Å². The zero-order valence-electron chi connectivity index (χ0n) is 15.4. The number of hydrogen-bond donors (Lipinski definition) is 3. The molecule has 0 saturated carbocycles. The SMILES string of the molecule is CNC(=O)CN1CCC(NC(=O)Nc2cnc(C(C)(C)C)nc2)CC1. The van der Waals surface area contributed by atoms with Crippen molar-refractivity contribution in [3.05, 3.63) is 18.2 Å². The van der Waals surface area contributed by atoms with Gasteiger partial charge in [-0.3, -0.25) is 9.69 Å². The Morgan fingerprint density at radius 2 is 1.80 bits per heavy atom. The fourth-order valence-corrected chi connectivity index (χ4v) is 2.65. The third kappa shape index (κ3) is 5.97. The molecule has 3 N–H and O–H groups in total. The number of amides is 3. The third-order valence-electron chi connectivity index (χ3n) is 4.15. The number of piperidine rings is 1. The van der Waals surface area contributed by atoms with Crippen molar-refractivity contribution in [2.24, 2.45) is 0 Å². The molecule has 0 radical (unpaired) electrons. The molecule has 2 rings (SSSR count). The molecular weight excluding hydrogens is 320 g/mol. The van der Waals surface area contributed by atoms with Crippen molar-refractivity contribution >= 4 is 17.6 Å². The van der Waals surface area contributed by atoms with Crippen LogP contribution in [0, 0.1) is 0 Å². The zero-order valence-corrected chi connectivity index (χ0v) is 15.4. The van der Waals surface area contributed by atoms with Crippen LogP contribution in [0.4, 0.5) is 10.5 Å². The molecule has 1 aliphatic rings. The van der Waals surface area contributed by atoms with Crippen molar-refractivity contribution in [2.45, 2.75) is 45.1 Å². The Balaban J connectivity index is 1.77. The summed E-state index contributed by atoms with van der Waals surface area (Å²) in [6.45, 7) is 8.12. The Hall–Kier alpha value is -2.22. The highest BCUT2D eigenvalue weighted by Gasteiger charge is 2.22. The van der Waals surface area contributed by atoms with Crippen molar-refractivity contribution in [1.82, 2.24) is 25.5 Å². The average Bonchev–Trinajstić information content (AvgIpc) is 2.56. The molecule has 0 atom stereocenters. The number of urea groups is 1. The van der Waals surface area contributed by atoms with Crippen molar-refractivity contribution in [3.63, 3.8) is 0 Å². The largest absolute Gasteiger partial charge is 0.358 e. The zero-order chi connectivity index (χ0) is 18.4. The second kappa shape index (κ2) is 8.24. The number of hydrogen-bond acceptors (Lipinski definition) is 5. The van der Waals surface area contributed by atoms with Crippen LogP contribution in [0.2, 0.25) is 0 Å². The maximum Gasteiger partial charge on any atom is 0.319 e. The van der Waals surface area contributed by atoms with Crippen LogP contribution in [0.5, 0.6) is 0 Å². The van der Waals surface area contributed by atoms with E-state index in [1.165, 1.54) is 0 Å². The second-order valence-corrected chi connectivity index (χ2v) is 7.37. The van der Waals surface area contributed by atoms with Crippen LogP contribution in [0.3, 0.4) is 0 Å².